The Balaban J connectivity index is 1.62. The number of carboxylic acids is 1. The summed E-state index contributed by atoms with van der Waals surface area (Å²) in [6, 6.07) is 7.18. The highest BCUT2D eigenvalue weighted by Gasteiger charge is 2.30. The Bertz CT molecular complexity index is 994. The number of methoxy groups -OCH3 is 2. The molecule has 1 aliphatic carbocycles. The van der Waals surface area contributed by atoms with Gasteiger partial charge in [-0.2, -0.15) is 0 Å². The van der Waals surface area contributed by atoms with Crippen LogP contribution in [0.1, 0.15) is 46.5 Å². The third-order valence-electron chi connectivity index (χ3n) is 5.68. The fourth-order valence-corrected chi connectivity index (χ4v) is 4.77. The number of amides is 2. The van der Waals surface area contributed by atoms with Crippen LogP contribution in [0.2, 0.25) is 0 Å². The van der Waals surface area contributed by atoms with Crippen LogP contribution in [0.4, 0.5) is 5.00 Å². The fraction of sp³-hybridized carbons (Fsp3) is 0.435. The van der Waals surface area contributed by atoms with Crippen LogP contribution in [0, 0.1) is 18.8 Å². The van der Waals surface area contributed by atoms with Crippen molar-refractivity contribution < 1.29 is 29.0 Å². The average molecular weight is 461 g/mol. The number of rotatable bonds is 8. The van der Waals surface area contributed by atoms with E-state index in [0.29, 0.717) is 54.3 Å². The van der Waals surface area contributed by atoms with Gasteiger partial charge in [0.1, 0.15) is 5.00 Å². The van der Waals surface area contributed by atoms with Crippen LogP contribution in [0.15, 0.2) is 24.3 Å². The Kier molecular flexibility index (Phi) is 7.74. The van der Waals surface area contributed by atoms with Crippen LogP contribution in [0.3, 0.4) is 0 Å². The molecule has 3 rings (SSSR count). The summed E-state index contributed by atoms with van der Waals surface area (Å²) in [7, 11) is 3.11. The van der Waals surface area contributed by atoms with Gasteiger partial charge >= 0.3 is 5.97 Å². The van der Waals surface area contributed by atoms with Gasteiger partial charge in [-0.1, -0.05) is 6.07 Å². The van der Waals surface area contributed by atoms with Crippen molar-refractivity contribution in [3.63, 3.8) is 0 Å². The van der Waals surface area contributed by atoms with E-state index in [9.17, 15) is 14.4 Å². The minimum atomic E-state index is -0.800. The van der Waals surface area contributed by atoms with Crippen molar-refractivity contribution in [3.8, 4) is 11.5 Å². The number of hydrogen-bond acceptors (Lipinski definition) is 6. The molecule has 8 nitrogen and oxygen atoms in total. The number of thiophene rings is 1. The smallest absolute Gasteiger partial charge is 0.306 e. The van der Waals surface area contributed by atoms with Crippen molar-refractivity contribution in [1.82, 2.24) is 5.32 Å². The van der Waals surface area contributed by atoms with Gasteiger partial charge in [-0.05, 0) is 56.4 Å². The van der Waals surface area contributed by atoms with E-state index in [1.54, 1.807) is 32.4 Å². The predicted octanol–water partition coefficient (Wildman–Crippen LogP) is 3.83. The first-order valence-electron chi connectivity index (χ1n) is 10.5. The molecule has 1 saturated carbocycles. The zero-order valence-corrected chi connectivity index (χ0v) is 19.2. The third-order valence-corrected chi connectivity index (χ3v) is 6.65. The number of aryl methyl sites for hydroxylation is 1. The summed E-state index contributed by atoms with van der Waals surface area (Å²) in [5, 5.41) is 15.4. The number of carbonyl (C=O) groups is 3. The molecule has 0 radical (unpaired) electrons. The van der Waals surface area contributed by atoms with E-state index in [0.717, 1.165) is 10.4 Å². The second-order valence-corrected chi connectivity index (χ2v) is 9.10. The van der Waals surface area contributed by atoms with Crippen LogP contribution in [-0.2, 0) is 16.1 Å². The van der Waals surface area contributed by atoms with E-state index in [4.69, 9.17) is 14.6 Å². The van der Waals surface area contributed by atoms with Crippen LogP contribution < -0.4 is 20.1 Å². The number of aliphatic carboxylic acids is 1. The monoisotopic (exact) mass is 460 g/mol. The second-order valence-electron chi connectivity index (χ2n) is 7.85. The minimum absolute atomic E-state index is 0.162. The van der Waals surface area contributed by atoms with E-state index in [1.807, 2.05) is 13.0 Å². The Morgan fingerprint density at radius 1 is 1.03 bits per heavy atom. The van der Waals surface area contributed by atoms with Gasteiger partial charge in [-0.25, -0.2) is 0 Å². The summed E-state index contributed by atoms with van der Waals surface area (Å²) in [4.78, 5) is 37.6. The van der Waals surface area contributed by atoms with Crippen molar-refractivity contribution in [2.24, 2.45) is 11.8 Å². The molecule has 32 heavy (non-hydrogen) atoms. The zero-order chi connectivity index (χ0) is 23.3. The Hall–Kier alpha value is -3.07. The molecular formula is C23H28N2O6S. The summed E-state index contributed by atoms with van der Waals surface area (Å²) in [5.41, 5.74) is 1.27. The molecule has 0 bridgehead atoms. The van der Waals surface area contributed by atoms with Crippen molar-refractivity contribution in [1.29, 1.82) is 0 Å². The van der Waals surface area contributed by atoms with E-state index in [-0.39, 0.29) is 23.7 Å². The highest BCUT2D eigenvalue weighted by Crippen LogP contribution is 2.33. The van der Waals surface area contributed by atoms with Crippen LogP contribution in [-0.4, -0.2) is 37.1 Å². The normalized spacial score (nSPS) is 18.0. The first kappa shape index (κ1) is 23.6. The van der Waals surface area contributed by atoms with Crippen LogP contribution in [0.5, 0.6) is 11.5 Å². The van der Waals surface area contributed by atoms with Gasteiger partial charge in [0.25, 0.3) is 5.91 Å². The lowest BCUT2D eigenvalue weighted by atomic mass is 9.81. The molecule has 0 saturated heterocycles. The highest BCUT2D eigenvalue weighted by molar-refractivity contribution is 7.16. The topological polar surface area (TPSA) is 114 Å². The number of carboxylic acid groups (broad SMARTS) is 1. The molecule has 1 aromatic heterocycles. The molecule has 3 N–H and O–H groups in total. The number of hydrogen-bond donors (Lipinski definition) is 3. The molecule has 1 heterocycles. The minimum Gasteiger partial charge on any atom is -0.493 e. The molecule has 9 heteroatoms. The largest absolute Gasteiger partial charge is 0.493 e. The average Bonchev–Trinajstić information content (AvgIpc) is 3.17. The molecule has 172 valence electrons. The van der Waals surface area contributed by atoms with Crippen LogP contribution in [0.25, 0.3) is 0 Å². The van der Waals surface area contributed by atoms with Gasteiger partial charge in [0, 0.05) is 17.3 Å². The molecule has 1 aromatic carbocycles. The molecular weight excluding hydrogens is 432 g/mol. The van der Waals surface area contributed by atoms with Gasteiger partial charge in [-0.15, -0.1) is 11.3 Å². The van der Waals surface area contributed by atoms with E-state index < -0.39 is 5.97 Å². The summed E-state index contributed by atoms with van der Waals surface area (Å²) >= 11 is 1.35. The zero-order valence-electron chi connectivity index (χ0n) is 18.4. The molecule has 1 aliphatic rings. The second kappa shape index (κ2) is 10.5. The maximum Gasteiger partial charge on any atom is 0.306 e. The number of carbonyl (C=O) groups excluding carboxylic acids is 2. The molecule has 0 spiro atoms. The van der Waals surface area contributed by atoms with Gasteiger partial charge in [0.15, 0.2) is 11.5 Å². The van der Waals surface area contributed by atoms with Gasteiger partial charge in [0.2, 0.25) is 5.91 Å². The summed E-state index contributed by atoms with van der Waals surface area (Å²) in [5.74, 6) is -0.670. The van der Waals surface area contributed by atoms with Gasteiger partial charge in [-0.3, -0.25) is 14.4 Å². The van der Waals surface area contributed by atoms with Crippen molar-refractivity contribution in [2.45, 2.75) is 39.2 Å². The number of ether oxygens (including phenoxy) is 2. The summed E-state index contributed by atoms with van der Waals surface area (Å²) < 4.78 is 10.5. The van der Waals surface area contributed by atoms with E-state index in [1.165, 1.54) is 11.3 Å². The molecule has 0 unspecified atom stereocenters. The summed E-state index contributed by atoms with van der Waals surface area (Å²) in [6.07, 6.45) is 2.06. The van der Waals surface area contributed by atoms with E-state index in [2.05, 4.69) is 10.6 Å². The van der Waals surface area contributed by atoms with E-state index >= 15 is 0 Å². The standard InChI is InChI=1S/C23H28N2O6S/c1-13-10-17(21(27)24-12-14-4-9-18(30-2)19(11-14)31-3)22(32-13)25-20(26)15-5-7-16(8-6-15)23(28)29/h4,9-11,15-16H,5-8,12H2,1-3H3,(H,24,27)(H,25,26)(H,28,29). The molecule has 2 amide bonds. The SMILES string of the molecule is COc1ccc(CNC(=O)c2cc(C)sc2NC(=O)C2CCC(C(=O)O)CC2)cc1OC. The number of anilines is 1. The lowest BCUT2D eigenvalue weighted by Crippen LogP contribution is -2.30. The van der Waals surface area contributed by atoms with Gasteiger partial charge < -0.3 is 25.2 Å². The highest BCUT2D eigenvalue weighted by atomic mass is 32.1. The molecule has 0 atom stereocenters. The molecule has 0 aliphatic heterocycles. The lowest BCUT2D eigenvalue weighted by Gasteiger charge is -2.25. The van der Waals surface area contributed by atoms with Crippen molar-refractivity contribution in [3.05, 3.63) is 40.3 Å². The Morgan fingerprint density at radius 2 is 1.69 bits per heavy atom. The Morgan fingerprint density at radius 3 is 2.31 bits per heavy atom. The molecule has 2 aromatic rings. The third kappa shape index (κ3) is 5.59. The quantitative estimate of drug-likeness (QED) is 0.552. The first-order chi connectivity index (χ1) is 15.3. The predicted molar refractivity (Wildman–Crippen MR) is 121 cm³/mol. The maximum absolute atomic E-state index is 12.8. The molecule has 1 fully saturated rings. The summed E-state index contributed by atoms with van der Waals surface area (Å²) in [6.45, 7) is 2.17. The first-order valence-corrected chi connectivity index (χ1v) is 11.3. The lowest BCUT2D eigenvalue weighted by molar-refractivity contribution is -0.143. The number of benzene rings is 1. The van der Waals surface area contributed by atoms with Crippen LogP contribution >= 0.6 is 11.3 Å². The fourth-order valence-electron chi connectivity index (χ4n) is 3.86. The van der Waals surface area contributed by atoms with Crippen molar-refractivity contribution in [2.75, 3.05) is 19.5 Å². The Labute approximate surface area is 190 Å². The van der Waals surface area contributed by atoms with Gasteiger partial charge in [0.05, 0.1) is 25.7 Å². The number of nitrogens with one attached hydrogen (secondary N) is 2. The van der Waals surface area contributed by atoms with Crippen molar-refractivity contribution >= 4 is 34.1 Å². The maximum atomic E-state index is 12.8.